The molecule has 0 radical (unpaired) electrons. The van der Waals surface area contributed by atoms with Crippen molar-refractivity contribution in [2.45, 2.75) is 0 Å². The maximum Gasteiger partial charge on any atom is 0.260 e. The van der Waals surface area contributed by atoms with E-state index in [1.807, 2.05) is 12.1 Å². The zero-order valence-corrected chi connectivity index (χ0v) is 12.6. The Morgan fingerprint density at radius 3 is 2.61 bits per heavy atom. The van der Waals surface area contributed by atoms with Gasteiger partial charge in [0, 0.05) is 28.1 Å². The van der Waals surface area contributed by atoms with Crippen LogP contribution in [0.1, 0.15) is 0 Å². The number of methoxy groups -OCH3 is 1. The normalized spacial score (nSPS) is 10.2. The molecule has 0 amide bonds. The standard InChI is InChI=1S/C12H9Br2NO3/c1-17-8-3-2-4-9(5-8)18-11-7-15(16)12(14)6-10(11)13/h2-7H,1H3. The van der Waals surface area contributed by atoms with Crippen LogP contribution in [0.15, 0.2) is 45.6 Å². The maximum absolute atomic E-state index is 11.4. The monoisotopic (exact) mass is 373 g/mol. The van der Waals surface area contributed by atoms with Crippen LogP contribution in [0.2, 0.25) is 0 Å². The number of halogens is 2. The highest BCUT2D eigenvalue weighted by Crippen LogP contribution is 2.31. The lowest BCUT2D eigenvalue weighted by Gasteiger charge is -2.09. The summed E-state index contributed by atoms with van der Waals surface area (Å²) >= 11 is 6.47. The van der Waals surface area contributed by atoms with E-state index in [2.05, 4.69) is 31.9 Å². The van der Waals surface area contributed by atoms with E-state index in [1.54, 1.807) is 25.3 Å². The van der Waals surface area contributed by atoms with Gasteiger partial charge in [-0.25, -0.2) is 0 Å². The molecule has 94 valence electrons. The van der Waals surface area contributed by atoms with Gasteiger partial charge in [-0.3, -0.25) is 0 Å². The summed E-state index contributed by atoms with van der Waals surface area (Å²) in [6.07, 6.45) is 1.34. The number of benzene rings is 1. The van der Waals surface area contributed by atoms with Crippen molar-refractivity contribution in [3.8, 4) is 17.2 Å². The Hall–Kier alpha value is -1.27. The molecule has 4 nitrogen and oxygen atoms in total. The number of hydrogen-bond acceptors (Lipinski definition) is 3. The number of nitrogens with zero attached hydrogens (tertiary/aromatic N) is 1. The minimum atomic E-state index is 0.410. The zero-order chi connectivity index (χ0) is 13.1. The molecule has 18 heavy (non-hydrogen) atoms. The molecule has 0 aliphatic carbocycles. The first kappa shape index (κ1) is 13.2. The third-order valence-corrected chi connectivity index (χ3v) is 3.39. The molecule has 0 spiro atoms. The summed E-state index contributed by atoms with van der Waals surface area (Å²) in [6, 6.07) is 8.78. The molecule has 1 aromatic heterocycles. The average molecular weight is 375 g/mol. The van der Waals surface area contributed by atoms with Crippen molar-refractivity contribution in [3.63, 3.8) is 0 Å². The van der Waals surface area contributed by atoms with E-state index in [4.69, 9.17) is 9.47 Å². The Balaban J connectivity index is 2.30. The summed E-state index contributed by atoms with van der Waals surface area (Å²) < 4.78 is 12.5. The van der Waals surface area contributed by atoms with Crippen molar-refractivity contribution < 1.29 is 14.2 Å². The molecule has 0 aliphatic rings. The summed E-state index contributed by atoms with van der Waals surface area (Å²) in [5.74, 6) is 1.72. The number of hydrogen-bond donors (Lipinski definition) is 0. The van der Waals surface area contributed by atoms with Crippen molar-refractivity contribution in [2.24, 2.45) is 0 Å². The molecule has 0 bridgehead atoms. The second kappa shape index (κ2) is 5.58. The van der Waals surface area contributed by atoms with E-state index in [0.29, 0.717) is 31.1 Å². The van der Waals surface area contributed by atoms with Crippen LogP contribution in [0.3, 0.4) is 0 Å². The first-order chi connectivity index (χ1) is 8.60. The van der Waals surface area contributed by atoms with Crippen LogP contribution in [-0.2, 0) is 0 Å². The lowest BCUT2D eigenvalue weighted by molar-refractivity contribution is -0.617. The van der Waals surface area contributed by atoms with E-state index in [9.17, 15) is 5.21 Å². The Morgan fingerprint density at radius 2 is 1.89 bits per heavy atom. The van der Waals surface area contributed by atoms with Crippen LogP contribution >= 0.6 is 31.9 Å². The number of rotatable bonds is 3. The fourth-order valence-corrected chi connectivity index (χ4v) is 2.37. The van der Waals surface area contributed by atoms with Crippen LogP contribution in [-0.4, -0.2) is 7.11 Å². The van der Waals surface area contributed by atoms with Crippen LogP contribution < -0.4 is 14.2 Å². The van der Waals surface area contributed by atoms with Crippen molar-refractivity contribution in [1.29, 1.82) is 0 Å². The molecule has 0 aliphatic heterocycles. The molecule has 1 aromatic carbocycles. The van der Waals surface area contributed by atoms with E-state index < -0.39 is 0 Å². The van der Waals surface area contributed by atoms with Gasteiger partial charge in [0.25, 0.3) is 4.60 Å². The second-order valence-corrected chi connectivity index (χ2v) is 5.08. The molecule has 1 heterocycles. The summed E-state index contributed by atoms with van der Waals surface area (Å²) in [7, 11) is 1.58. The van der Waals surface area contributed by atoms with Gasteiger partial charge in [-0.1, -0.05) is 6.07 Å². The fraction of sp³-hybridized carbons (Fsp3) is 0.0833. The highest BCUT2D eigenvalue weighted by molar-refractivity contribution is 9.11. The van der Waals surface area contributed by atoms with Gasteiger partial charge in [-0.2, -0.15) is 4.73 Å². The molecular weight excluding hydrogens is 366 g/mol. The minimum Gasteiger partial charge on any atom is -0.618 e. The molecule has 0 unspecified atom stereocenters. The van der Waals surface area contributed by atoms with Gasteiger partial charge in [0.15, 0.2) is 0 Å². The summed E-state index contributed by atoms with van der Waals surface area (Å²) in [5, 5.41) is 11.4. The predicted octanol–water partition coefficient (Wildman–Crippen LogP) is 3.65. The largest absolute Gasteiger partial charge is 0.618 e. The lowest BCUT2D eigenvalue weighted by atomic mass is 10.3. The maximum atomic E-state index is 11.4. The van der Waals surface area contributed by atoms with Crippen LogP contribution in [0.5, 0.6) is 17.2 Å². The summed E-state index contributed by atoms with van der Waals surface area (Å²) in [6.45, 7) is 0. The predicted molar refractivity (Wildman–Crippen MR) is 73.9 cm³/mol. The van der Waals surface area contributed by atoms with Gasteiger partial charge in [0.05, 0.1) is 11.6 Å². The number of aromatic nitrogens is 1. The van der Waals surface area contributed by atoms with E-state index in [0.717, 1.165) is 0 Å². The Bertz CT molecular complexity index is 575. The van der Waals surface area contributed by atoms with Crippen LogP contribution in [0, 0.1) is 5.21 Å². The number of ether oxygens (including phenoxy) is 2. The Labute approximate surface area is 121 Å². The third kappa shape index (κ3) is 2.94. The first-order valence-electron chi connectivity index (χ1n) is 5.00. The van der Waals surface area contributed by atoms with Crippen LogP contribution in [0.25, 0.3) is 0 Å². The minimum absolute atomic E-state index is 0.410. The van der Waals surface area contributed by atoms with Crippen molar-refractivity contribution in [1.82, 2.24) is 0 Å². The van der Waals surface area contributed by atoms with Gasteiger partial charge in [-0.15, -0.1) is 0 Å². The molecule has 2 rings (SSSR count). The SMILES string of the molecule is COc1cccc(Oc2c[n+]([O-])c(Br)cc2Br)c1. The highest BCUT2D eigenvalue weighted by atomic mass is 79.9. The molecular formula is C12H9Br2NO3. The average Bonchev–Trinajstić information content (AvgIpc) is 2.36. The zero-order valence-electron chi connectivity index (χ0n) is 9.39. The van der Waals surface area contributed by atoms with Gasteiger partial charge in [0.1, 0.15) is 11.5 Å². The molecule has 2 aromatic rings. The third-order valence-electron chi connectivity index (χ3n) is 2.20. The molecule has 0 atom stereocenters. The molecule has 0 N–H and O–H groups in total. The van der Waals surface area contributed by atoms with E-state index in [-0.39, 0.29) is 0 Å². The van der Waals surface area contributed by atoms with E-state index >= 15 is 0 Å². The van der Waals surface area contributed by atoms with Gasteiger partial charge < -0.3 is 14.7 Å². The highest BCUT2D eigenvalue weighted by Gasteiger charge is 2.11. The smallest absolute Gasteiger partial charge is 0.260 e. The summed E-state index contributed by atoms with van der Waals surface area (Å²) in [4.78, 5) is 0. The molecule has 6 heteroatoms. The summed E-state index contributed by atoms with van der Waals surface area (Å²) in [5.41, 5.74) is 0. The topological polar surface area (TPSA) is 45.4 Å². The van der Waals surface area contributed by atoms with Crippen molar-refractivity contribution >= 4 is 31.9 Å². The van der Waals surface area contributed by atoms with Crippen molar-refractivity contribution in [2.75, 3.05) is 7.11 Å². The Morgan fingerprint density at radius 1 is 1.17 bits per heavy atom. The van der Waals surface area contributed by atoms with Gasteiger partial charge >= 0.3 is 0 Å². The van der Waals surface area contributed by atoms with Crippen LogP contribution in [0.4, 0.5) is 0 Å². The first-order valence-corrected chi connectivity index (χ1v) is 6.59. The quantitative estimate of drug-likeness (QED) is 0.468. The van der Waals surface area contributed by atoms with E-state index in [1.165, 1.54) is 6.20 Å². The lowest BCUT2D eigenvalue weighted by Crippen LogP contribution is -2.27. The second-order valence-electron chi connectivity index (χ2n) is 3.42. The molecule has 0 saturated carbocycles. The molecule has 0 saturated heterocycles. The fourth-order valence-electron chi connectivity index (χ4n) is 1.34. The van der Waals surface area contributed by atoms with Gasteiger partial charge in [-0.05, 0) is 28.1 Å². The van der Waals surface area contributed by atoms with Crippen molar-refractivity contribution in [3.05, 3.63) is 50.8 Å². The van der Waals surface area contributed by atoms with Gasteiger partial charge in [0.2, 0.25) is 11.9 Å². The number of pyridine rings is 1. The molecule has 0 fully saturated rings. The Kier molecular flexibility index (Phi) is 4.08.